The zero-order valence-electron chi connectivity index (χ0n) is 16.0. The van der Waals surface area contributed by atoms with Gasteiger partial charge in [0.25, 0.3) is 0 Å². The molecule has 0 aromatic heterocycles. The SMILES string of the molecule is C=C1CC(Cc2ccccc2)C(=O)OCCN(S(=O)(=O)c2ccc(C)cc2)C1. The van der Waals surface area contributed by atoms with Gasteiger partial charge in [-0.15, -0.1) is 0 Å². The molecule has 5 nitrogen and oxygen atoms in total. The van der Waals surface area contributed by atoms with Crippen molar-refractivity contribution >= 4 is 16.0 Å². The fraction of sp³-hybridized carbons (Fsp3) is 0.318. The van der Waals surface area contributed by atoms with Crippen molar-refractivity contribution in [1.82, 2.24) is 4.31 Å². The summed E-state index contributed by atoms with van der Waals surface area (Å²) in [6.07, 6.45) is 0.942. The van der Waals surface area contributed by atoms with Crippen molar-refractivity contribution in [1.29, 1.82) is 0 Å². The number of cyclic esters (lactones) is 1. The molecule has 1 unspecified atom stereocenters. The van der Waals surface area contributed by atoms with Gasteiger partial charge in [0, 0.05) is 13.1 Å². The Morgan fingerprint density at radius 2 is 1.79 bits per heavy atom. The summed E-state index contributed by atoms with van der Waals surface area (Å²) >= 11 is 0. The summed E-state index contributed by atoms with van der Waals surface area (Å²) in [6, 6.07) is 16.5. The number of ether oxygens (including phenoxy) is 1. The van der Waals surface area contributed by atoms with E-state index in [1.165, 1.54) is 4.31 Å². The highest BCUT2D eigenvalue weighted by Gasteiger charge is 2.29. The molecular weight excluding hydrogens is 374 g/mol. The third-order valence-electron chi connectivity index (χ3n) is 4.84. The third-order valence-corrected chi connectivity index (χ3v) is 6.70. The van der Waals surface area contributed by atoms with Crippen LogP contribution in [-0.2, 0) is 26.0 Å². The molecule has 0 aliphatic carbocycles. The van der Waals surface area contributed by atoms with Crippen molar-refractivity contribution in [3.8, 4) is 0 Å². The summed E-state index contributed by atoms with van der Waals surface area (Å²) in [7, 11) is -3.68. The number of sulfonamides is 1. The van der Waals surface area contributed by atoms with Gasteiger partial charge in [-0.2, -0.15) is 4.31 Å². The summed E-state index contributed by atoms with van der Waals surface area (Å²) in [5.74, 6) is -0.670. The van der Waals surface area contributed by atoms with Gasteiger partial charge in [0.2, 0.25) is 10.0 Å². The Balaban J connectivity index is 1.77. The van der Waals surface area contributed by atoms with Crippen molar-refractivity contribution in [3.63, 3.8) is 0 Å². The standard InChI is InChI=1S/C22H25NO4S/c1-17-8-10-21(11-9-17)28(25,26)23-12-13-27-22(24)20(14-18(2)16-23)15-19-6-4-3-5-7-19/h3-11,20H,2,12-16H2,1H3. The molecule has 0 bridgehead atoms. The molecule has 0 N–H and O–H groups in total. The van der Waals surface area contributed by atoms with Crippen molar-refractivity contribution < 1.29 is 17.9 Å². The largest absolute Gasteiger partial charge is 0.464 e. The van der Waals surface area contributed by atoms with Crippen LogP contribution in [0.15, 0.2) is 71.6 Å². The van der Waals surface area contributed by atoms with Gasteiger partial charge in [-0.05, 0) is 37.5 Å². The number of hydrogen-bond donors (Lipinski definition) is 0. The van der Waals surface area contributed by atoms with Gasteiger partial charge in [0.15, 0.2) is 0 Å². The molecule has 6 heteroatoms. The average molecular weight is 400 g/mol. The van der Waals surface area contributed by atoms with Crippen LogP contribution in [0.3, 0.4) is 0 Å². The average Bonchev–Trinajstić information content (AvgIpc) is 2.73. The normalized spacial score (nSPS) is 19.4. The van der Waals surface area contributed by atoms with E-state index in [2.05, 4.69) is 6.58 Å². The summed E-state index contributed by atoms with van der Waals surface area (Å²) in [4.78, 5) is 12.7. The number of esters is 1. The van der Waals surface area contributed by atoms with E-state index in [-0.39, 0.29) is 36.5 Å². The fourth-order valence-corrected chi connectivity index (χ4v) is 4.75. The van der Waals surface area contributed by atoms with E-state index in [0.29, 0.717) is 18.4 Å². The van der Waals surface area contributed by atoms with Gasteiger partial charge >= 0.3 is 5.97 Å². The molecule has 1 aliphatic heterocycles. The van der Waals surface area contributed by atoms with Crippen molar-refractivity contribution in [3.05, 3.63) is 77.9 Å². The Kier molecular flexibility index (Phi) is 6.31. The molecule has 0 radical (unpaired) electrons. The highest BCUT2D eigenvalue weighted by atomic mass is 32.2. The first-order valence-electron chi connectivity index (χ1n) is 9.30. The van der Waals surface area contributed by atoms with Gasteiger partial charge in [-0.1, -0.05) is 60.2 Å². The maximum absolute atomic E-state index is 13.0. The van der Waals surface area contributed by atoms with Gasteiger partial charge in [0.05, 0.1) is 10.8 Å². The van der Waals surface area contributed by atoms with Crippen LogP contribution in [0.25, 0.3) is 0 Å². The Labute approximate surface area is 166 Å². The third kappa shape index (κ3) is 4.88. The minimum Gasteiger partial charge on any atom is -0.464 e. The van der Waals surface area contributed by atoms with Crippen molar-refractivity contribution in [2.45, 2.75) is 24.7 Å². The summed E-state index contributed by atoms with van der Waals surface area (Å²) in [6.45, 7) is 6.27. The van der Waals surface area contributed by atoms with Crippen LogP contribution in [0.5, 0.6) is 0 Å². The fourth-order valence-electron chi connectivity index (χ4n) is 3.31. The predicted molar refractivity (Wildman–Crippen MR) is 108 cm³/mol. The summed E-state index contributed by atoms with van der Waals surface area (Å²) in [5.41, 5.74) is 2.74. The second-order valence-corrected chi connectivity index (χ2v) is 9.10. The molecule has 2 aromatic rings. The molecule has 0 saturated carbocycles. The maximum Gasteiger partial charge on any atom is 0.309 e. The van der Waals surface area contributed by atoms with Crippen LogP contribution in [-0.4, -0.2) is 38.4 Å². The molecule has 0 spiro atoms. The van der Waals surface area contributed by atoms with Crippen LogP contribution in [0.4, 0.5) is 0 Å². The van der Waals surface area contributed by atoms with Crippen molar-refractivity contribution in [2.75, 3.05) is 19.7 Å². The van der Waals surface area contributed by atoms with Crippen LogP contribution < -0.4 is 0 Å². The topological polar surface area (TPSA) is 63.7 Å². The molecule has 28 heavy (non-hydrogen) atoms. The quantitative estimate of drug-likeness (QED) is 0.584. The highest BCUT2D eigenvalue weighted by Crippen LogP contribution is 2.23. The van der Waals surface area contributed by atoms with E-state index in [9.17, 15) is 13.2 Å². The Hall–Kier alpha value is -2.44. The number of hydrogen-bond acceptors (Lipinski definition) is 4. The molecule has 1 saturated heterocycles. The number of rotatable bonds is 4. The first kappa shape index (κ1) is 20.3. The lowest BCUT2D eigenvalue weighted by atomic mass is 9.93. The predicted octanol–water partition coefficient (Wildman–Crippen LogP) is 3.35. The lowest BCUT2D eigenvalue weighted by Gasteiger charge is -2.22. The van der Waals surface area contributed by atoms with Crippen molar-refractivity contribution in [2.24, 2.45) is 5.92 Å². The number of carbonyl (C=O) groups excluding carboxylic acids is 1. The monoisotopic (exact) mass is 399 g/mol. The first-order chi connectivity index (χ1) is 13.4. The molecule has 1 aliphatic rings. The lowest BCUT2D eigenvalue weighted by molar-refractivity contribution is -0.148. The lowest BCUT2D eigenvalue weighted by Crippen LogP contribution is -2.35. The number of benzene rings is 2. The van der Waals surface area contributed by atoms with Crippen LogP contribution in [0, 0.1) is 12.8 Å². The van der Waals surface area contributed by atoms with E-state index in [0.717, 1.165) is 11.1 Å². The molecule has 1 fully saturated rings. The van der Waals surface area contributed by atoms with Gasteiger partial charge < -0.3 is 4.74 Å². The van der Waals surface area contributed by atoms with E-state index < -0.39 is 10.0 Å². The second-order valence-electron chi connectivity index (χ2n) is 7.16. The molecule has 2 aromatic carbocycles. The number of aryl methyl sites for hydroxylation is 1. The zero-order valence-corrected chi connectivity index (χ0v) is 16.8. The first-order valence-corrected chi connectivity index (χ1v) is 10.7. The minimum absolute atomic E-state index is 0.0303. The van der Waals surface area contributed by atoms with Crippen LogP contribution >= 0.6 is 0 Å². The maximum atomic E-state index is 13.0. The summed E-state index contributed by atoms with van der Waals surface area (Å²) < 4.78 is 32.8. The van der Waals surface area contributed by atoms with E-state index >= 15 is 0 Å². The molecule has 1 heterocycles. The Bertz CT molecular complexity index is 936. The van der Waals surface area contributed by atoms with Crippen LogP contribution in [0.1, 0.15) is 17.5 Å². The van der Waals surface area contributed by atoms with E-state index in [4.69, 9.17) is 4.74 Å². The molecular formula is C22H25NO4S. The highest BCUT2D eigenvalue weighted by molar-refractivity contribution is 7.89. The van der Waals surface area contributed by atoms with Gasteiger partial charge in [-0.3, -0.25) is 4.79 Å². The van der Waals surface area contributed by atoms with E-state index in [1.54, 1.807) is 24.3 Å². The minimum atomic E-state index is -3.68. The molecule has 148 valence electrons. The van der Waals surface area contributed by atoms with Gasteiger partial charge in [-0.25, -0.2) is 8.42 Å². The second kappa shape index (κ2) is 8.71. The number of nitrogens with zero attached hydrogens (tertiary/aromatic N) is 1. The molecule has 3 rings (SSSR count). The molecule has 1 atom stereocenters. The van der Waals surface area contributed by atoms with Gasteiger partial charge in [0.1, 0.15) is 6.61 Å². The Morgan fingerprint density at radius 1 is 1.11 bits per heavy atom. The van der Waals surface area contributed by atoms with E-state index in [1.807, 2.05) is 37.3 Å². The number of carbonyl (C=O) groups is 1. The smallest absolute Gasteiger partial charge is 0.309 e. The summed E-state index contributed by atoms with van der Waals surface area (Å²) in [5, 5.41) is 0. The molecule has 0 amide bonds. The Morgan fingerprint density at radius 3 is 2.46 bits per heavy atom. The zero-order chi connectivity index (χ0) is 20.1. The van der Waals surface area contributed by atoms with Crippen LogP contribution in [0.2, 0.25) is 0 Å².